The molecule has 0 aliphatic carbocycles. The van der Waals surface area contributed by atoms with E-state index in [1.165, 1.54) is 0 Å². The van der Waals surface area contributed by atoms with Crippen LogP contribution in [-0.2, 0) is 0 Å². The summed E-state index contributed by atoms with van der Waals surface area (Å²) >= 11 is 0. The first kappa shape index (κ1) is 8.60. The van der Waals surface area contributed by atoms with Crippen LogP contribution < -0.4 is 16.2 Å². The molecule has 0 aliphatic rings. The second-order valence-electron chi connectivity index (χ2n) is 2.61. The normalized spacial score (nSPS) is 12.6. The smallest absolute Gasteiger partial charge is 0.0393 e. The van der Waals surface area contributed by atoms with Gasteiger partial charge in [-0.15, -0.1) is 0 Å². The first-order chi connectivity index (χ1) is 5.75. The van der Waals surface area contributed by atoms with E-state index in [0.29, 0.717) is 0 Å². The van der Waals surface area contributed by atoms with Crippen molar-refractivity contribution in [2.45, 2.75) is 6.92 Å². The summed E-state index contributed by atoms with van der Waals surface area (Å²) in [4.78, 5) is 0. The van der Waals surface area contributed by atoms with Gasteiger partial charge in [0.05, 0.1) is 0 Å². The first-order valence-corrected chi connectivity index (χ1v) is 3.92. The van der Waals surface area contributed by atoms with Crippen molar-refractivity contribution in [2.75, 3.05) is 5.73 Å². The lowest BCUT2D eigenvalue weighted by molar-refractivity contribution is 1.53. The number of nitrogens with two attached hydrogens (primary N) is 1. The maximum Gasteiger partial charge on any atom is 0.0393 e. The van der Waals surface area contributed by atoms with Gasteiger partial charge in [-0.2, -0.15) is 0 Å². The molecular weight excluding hydrogens is 146 g/mol. The molecule has 0 fully saturated rings. The minimum absolute atomic E-state index is 0.778. The lowest BCUT2D eigenvalue weighted by Gasteiger charge is -1.93. The van der Waals surface area contributed by atoms with Gasteiger partial charge in [0.25, 0.3) is 0 Å². The number of nitrogen functional groups attached to an aromatic ring is 1. The van der Waals surface area contributed by atoms with Gasteiger partial charge in [-0.3, -0.25) is 0 Å². The molecule has 0 unspecified atom stereocenters. The third kappa shape index (κ3) is 1.76. The van der Waals surface area contributed by atoms with E-state index in [4.69, 9.17) is 5.73 Å². The monoisotopic (exact) mass is 159 g/mol. The Morgan fingerprint density at radius 1 is 1.42 bits per heavy atom. The third-order valence-corrected chi connectivity index (χ3v) is 1.69. The van der Waals surface area contributed by atoms with Crippen LogP contribution >= 0.6 is 0 Å². The number of rotatable bonds is 1. The van der Waals surface area contributed by atoms with Crippen LogP contribution in [0.4, 0.5) is 5.69 Å². The lowest BCUT2D eigenvalue weighted by Crippen LogP contribution is -2.25. The summed E-state index contributed by atoms with van der Waals surface area (Å²) in [5.41, 5.74) is 6.54. The molecule has 0 radical (unpaired) electrons. The highest BCUT2D eigenvalue weighted by Crippen LogP contribution is 1.86. The molecule has 62 valence electrons. The van der Waals surface area contributed by atoms with Crippen molar-refractivity contribution in [3.63, 3.8) is 0 Å². The highest BCUT2D eigenvalue weighted by Gasteiger charge is 1.86. The fourth-order valence-electron chi connectivity index (χ4n) is 1.03. The molecule has 1 aromatic carbocycles. The Bertz CT molecular complexity index is 388. The Morgan fingerprint density at radius 2 is 2.17 bits per heavy atom. The van der Waals surface area contributed by atoms with Crippen LogP contribution in [0.3, 0.4) is 0 Å². The van der Waals surface area contributed by atoms with Crippen molar-refractivity contribution in [1.82, 2.24) is 0 Å². The molecule has 1 rings (SSSR count). The second-order valence-corrected chi connectivity index (χ2v) is 2.61. The molecule has 0 saturated carbocycles. The van der Waals surface area contributed by atoms with Gasteiger partial charge < -0.3 is 5.73 Å². The van der Waals surface area contributed by atoms with Crippen molar-refractivity contribution in [2.24, 2.45) is 0 Å². The van der Waals surface area contributed by atoms with Crippen LogP contribution in [-0.4, -0.2) is 0 Å². The van der Waals surface area contributed by atoms with E-state index in [1.54, 1.807) is 0 Å². The molecule has 1 aromatic rings. The molecule has 0 aromatic heterocycles. The molecule has 1 nitrogen and oxygen atoms in total. The summed E-state index contributed by atoms with van der Waals surface area (Å²) in [6, 6.07) is 5.74. The predicted octanol–water partition coefficient (Wildman–Crippen LogP) is 1.04. The molecule has 0 heterocycles. The highest BCUT2D eigenvalue weighted by molar-refractivity contribution is 5.50. The fraction of sp³-hybridized carbons (Fsp3) is 0.0909. The van der Waals surface area contributed by atoms with Gasteiger partial charge in [0.1, 0.15) is 0 Å². The SMILES string of the molecule is C=c1cccc(N)/c1=C/C=C\C. The summed E-state index contributed by atoms with van der Waals surface area (Å²) < 4.78 is 0. The maximum atomic E-state index is 5.76. The first-order valence-electron chi connectivity index (χ1n) is 3.92. The summed E-state index contributed by atoms with van der Waals surface area (Å²) in [6.07, 6.45) is 5.89. The lowest BCUT2D eigenvalue weighted by atomic mass is 10.2. The number of allylic oxidation sites excluding steroid dienone is 2. The van der Waals surface area contributed by atoms with Crippen LogP contribution in [0.25, 0.3) is 12.7 Å². The molecule has 0 bridgehead atoms. The highest BCUT2D eigenvalue weighted by atomic mass is 14.5. The maximum absolute atomic E-state index is 5.76. The van der Waals surface area contributed by atoms with Gasteiger partial charge in [-0.05, 0) is 18.2 Å². The molecule has 1 heteroatoms. The van der Waals surface area contributed by atoms with Crippen LogP contribution in [0.15, 0.2) is 30.4 Å². The molecule has 12 heavy (non-hydrogen) atoms. The molecular formula is C11H13N. The number of anilines is 1. The fourth-order valence-corrected chi connectivity index (χ4v) is 1.03. The van der Waals surface area contributed by atoms with E-state index in [-0.39, 0.29) is 0 Å². The van der Waals surface area contributed by atoms with Crippen molar-refractivity contribution in [3.05, 3.63) is 40.8 Å². The van der Waals surface area contributed by atoms with Crippen LogP contribution in [0.1, 0.15) is 6.92 Å². The average Bonchev–Trinajstić information content (AvgIpc) is 2.04. The van der Waals surface area contributed by atoms with Crippen LogP contribution in [0.5, 0.6) is 0 Å². The third-order valence-electron chi connectivity index (χ3n) is 1.69. The second kappa shape index (κ2) is 3.77. The molecule has 0 saturated heterocycles. The topological polar surface area (TPSA) is 26.0 Å². The molecule has 0 aliphatic heterocycles. The van der Waals surface area contributed by atoms with Gasteiger partial charge in [-0.25, -0.2) is 0 Å². The molecule has 0 spiro atoms. The Hall–Kier alpha value is -1.50. The van der Waals surface area contributed by atoms with Crippen molar-refractivity contribution in [1.29, 1.82) is 0 Å². The zero-order valence-corrected chi connectivity index (χ0v) is 7.25. The van der Waals surface area contributed by atoms with Crippen molar-refractivity contribution < 1.29 is 0 Å². The Balaban J connectivity index is 3.41. The molecule has 0 amide bonds. The van der Waals surface area contributed by atoms with Crippen molar-refractivity contribution >= 4 is 18.3 Å². The van der Waals surface area contributed by atoms with E-state index in [2.05, 4.69) is 6.58 Å². The van der Waals surface area contributed by atoms with Gasteiger partial charge in [0.2, 0.25) is 0 Å². The van der Waals surface area contributed by atoms with Gasteiger partial charge in [-0.1, -0.05) is 36.9 Å². The summed E-state index contributed by atoms with van der Waals surface area (Å²) in [6.45, 7) is 5.86. The predicted molar refractivity (Wildman–Crippen MR) is 54.9 cm³/mol. The van der Waals surface area contributed by atoms with Gasteiger partial charge in [0, 0.05) is 10.9 Å². The van der Waals surface area contributed by atoms with Gasteiger partial charge in [0.15, 0.2) is 0 Å². The average molecular weight is 159 g/mol. The minimum Gasteiger partial charge on any atom is -0.398 e. The Labute approximate surface area is 72.5 Å². The van der Waals surface area contributed by atoms with Crippen LogP contribution in [0.2, 0.25) is 0 Å². The summed E-state index contributed by atoms with van der Waals surface area (Å²) in [5, 5.41) is 1.98. The largest absolute Gasteiger partial charge is 0.398 e. The summed E-state index contributed by atoms with van der Waals surface area (Å²) in [7, 11) is 0. The molecule has 2 N–H and O–H groups in total. The summed E-state index contributed by atoms with van der Waals surface area (Å²) in [5.74, 6) is 0. The van der Waals surface area contributed by atoms with E-state index in [0.717, 1.165) is 16.1 Å². The number of hydrogen-bond acceptors (Lipinski definition) is 1. The van der Waals surface area contributed by atoms with Crippen molar-refractivity contribution in [3.8, 4) is 0 Å². The van der Waals surface area contributed by atoms with E-state index in [9.17, 15) is 0 Å². The molecule has 0 atom stereocenters. The minimum atomic E-state index is 0.778. The van der Waals surface area contributed by atoms with E-state index in [1.807, 2.05) is 43.4 Å². The Kier molecular flexibility index (Phi) is 2.70. The van der Waals surface area contributed by atoms with Crippen LogP contribution in [0, 0.1) is 0 Å². The standard InChI is InChI=1S/C11H13N/c1-3-4-7-10-9(2)6-5-8-11(10)12/h3-8H,2,12H2,1H3/b4-3-,10-7+. The van der Waals surface area contributed by atoms with E-state index < -0.39 is 0 Å². The quantitative estimate of drug-likeness (QED) is 0.609. The number of hydrogen-bond donors (Lipinski definition) is 1. The Morgan fingerprint density at radius 3 is 2.75 bits per heavy atom. The van der Waals surface area contributed by atoms with E-state index >= 15 is 0 Å². The zero-order chi connectivity index (χ0) is 8.97. The van der Waals surface area contributed by atoms with Gasteiger partial charge >= 0.3 is 0 Å². The number of benzene rings is 1. The zero-order valence-electron chi connectivity index (χ0n) is 7.25.